The molecule has 0 aliphatic heterocycles. The maximum absolute atomic E-state index is 11.1. The van der Waals surface area contributed by atoms with Crippen molar-refractivity contribution in [1.82, 2.24) is 0 Å². The Kier molecular flexibility index (Phi) is 2.49. The Morgan fingerprint density at radius 1 is 1.55 bits per heavy atom. The summed E-state index contributed by atoms with van der Waals surface area (Å²) in [6, 6.07) is 0.189. The highest BCUT2D eigenvalue weighted by Crippen LogP contribution is 2.31. The van der Waals surface area contributed by atoms with E-state index in [4.69, 9.17) is 5.73 Å². The second-order valence-electron chi connectivity index (χ2n) is 3.34. The van der Waals surface area contributed by atoms with Gasteiger partial charge >= 0.3 is 5.97 Å². The van der Waals surface area contributed by atoms with Crippen molar-refractivity contribution in [3.05, 3.63) is 0 Å². The zero-order valence-corrected chi connectivity index (χ0v) is 7.04. The largest absolute Gasteiger partial charge is 0.469 e. The zero-order valence-electron chi connectivity index (χ0n) is 7.04. The van der Waals surface area contributed by atoms with Crippen LogP contribution in [0.5, 0.6) is 0 Å². The van der Waals surface area contributed by atoms with Crippen LogP contribution in [0.3, 0.4) is 0 Å². The number of esters is 1. The van der Waals surface area contributed by atoms with Crippen LogP contribution in [-0.4, -0.2) is 19.1 Å². The molecule has 1 saturated carbocycles. The van der Waals surface area contributed by atoms with Gasteiger partial charge in [-0.3, -0.25) is 4.79 Å². The number of rotatable bonds is 1. The van der Waals surface area contributed by atoms with Crippen LogP contribution in [0, 0.1) is 11.8 Å². The average molecular weight is 157 g/mol. The third kappa shape index (κ3) is 1.71. The third-order valence-electron chi connectivity index (χ3n) is 2.42. The molecule has 1 aliphatic carbocycles. The molecular weight excluding hydrogens is 142 g/mol. The van der Waals surface area contributed by atoms with Gasteiger partial charge in [0.25, 0.3) is 0 Å². The molecule has 0 aromatic carbocycles. The summed E-state index contributed by atoms with van der Waals surface area (Å²) in [5, 5.41) is 0. The second-order valence-corrected chi connectivity index (χ2v) is 3.34. The summed E-state index contributed by atoms with van der Waals surface area (Å²) in [7, 11) is 1.43. The van der Waals surface area contributed by atoms with Crippen LogP contribution >= 0.6 is 0 Å². The Morgan fingerprint density at radius 2 is 2.18 bits per heavy atom. The quantitative estimate of drug-likeness (QED) is 0.565. The van der Waals surface area contributed by atoms with Crippen LogP contribution in [0.2, 0.25) is 0 Å². The molecule has 64 valence electrons. The molecule has 1 rings (SSSR count). The molecule has 3 atom stereocenters. The summed E-state index contributed by atoms with van der Waals surface area (Å²) in [4.78, 5) is 11.1. The minimum atomic E-state index is -0.106. The molecule has 1 fully saturated rings. The van der Waals surface area contributed by atoms with Gasteiger partial charge in [0, 0.05) is 6.04 Å². The van der Waals surface area contributed by atoms with Crippen molar-refractivity contribution in [2.24, 2.45) is 17.6 Å². The molecule has 3 heteroatoms. The first kappa shape index (κ1) is 8.53. The van der Waals surface area contributed by atoms with Gasteiger partial charge in [0.1, 0.15) is 0 Å². The number of nitrogens with two attached hydrogens (primary N) is 1. The molecule has 0 bridgehead atoms. The van der Waals surface area contributed by atoms with Crippen LogP contribution in [0.4, 0.5) is 0 Å². The number of hydrogen-bond acceptors (Lipinski definition) is 3. The van der Waals surface area contributed by atoms with Crippen molar-refractivity contribution in [1.29, 1.82) is 0 Å². The molecule has 0 aromatic rings. The monoisotopic (exact) mass is 157 g/mol. The summed E-state index contributed by atoms with van der Waals surface area (Å²) >= 11 is 0. The summed E-state index contributed by atoms with van der Waals surface area (Å²) in [6.07, 6.45) is 1.73. The highest BCUT2D eigenvalue weighted by atomic mass is 16.5. The van der Waals surface area contributed by atoms with E-state index in [1.54, 1.807) is 0 Å². The normalized spacial score (nSPS) is 37.2. The van der Waals surface area contributed by atoms with Crippen molar-refractivity contribution < 1.29 is 9.53 Å². The van der Waals surface area contributed by atoms with E-state index in [0.717, 1.165) is 12.8 Å². The fourth-order valence-corrected chi connectivity index (χ4v) is 1.78. The predicted octanol–water partition coefficient (Wildman–Crippen LogP) is 0.533. The highest BCUT2D eigenvalue weighted by molar-refractivity contribution is 5.73. The Bertz CT molecular complexity index is 158. The molecular formula is C8H15NO2. The number of carbonyl (C=O) groups is 1. The molecule has 0 aromatic heterocycles. The molecule has 0 amide bonds. The molecule has 0 radical (unpaired) electrons. The van der Waals surface area contributed by atoms with E-state index < -0.39 is 0 Å². The topological polar surface area (TPSA) is 52.3 Å². The molecule has 2 N–H and O–H groups in total. The van der Waals surface area contributed by atoms with Crippen LogP contribution < -0.4 is 5.73 Å². The van der Waals surface area contributed by atoms with Crippen molar-refractivity contribution in [2.75, 3.05) is 7.11 Å². The lowest BCUT2D eigenvalue weighted by Crippen LogP contribution is -2.20. The maximum atomic E-state index is 11.1. The summed E-state index contributed by atoms with van der Waals surface area (Å²) in [5.41, 5.74) is 5.70. The Balaban J connectivity index is 2.52. The smallest absolute Gasteiger partial charge is 0.308 e. The van der Waals surface area contributed by atoms with Crippen molar-refractivity contribution in [2.45, 2.75) is 25.8 Å². The molecule has 0 saturated heterocycles. The van der Waals surface area contributed by atoms with E-state index in [1.165, 1.54) is 7.11 Å². The standard InChI is InChI=1S/C8H15NO2/c1-5-3-6(9)4-7(5)8(10)11-2/h5-7H,3-4,9H2,1-2H3/t5-,6-,7+/m0/s1. The molecule has 0 heterocycles. The first-order chi connectivity index (χ1) is 5.15. The van der Waals surface area contributed by atoms with E-state index in [-0.39, 0.29) is 17.9 Å². The van der Waals surface area contributed by atoms with Gasteiger partial charge in [-0.2, -0.15) is 0 Å². The zero-order chi connectivity index (χ0) is 8.43. The number of carbonyl (C=O) groups excluding carboxylic acids is 1. The molecule has 0 unspecified atom stereocenters. The van der Waals surface area contributed by atoms with E-state index in [2.05, 4.69) is 11.7 Å². The van der Waals surface area contributed by atoms with Crippen LogP contribution in [0.15, 0.2) is 0 Å². The highest BCUT2D eigenvalue weighted by Gasteiger charge is 2.34. The van der Waals surface area contributed by atoms with E-state index in [1.807, 2.05) is 0 Å². The van der Waals surface area contributed by atoms with E-state index in [0.29, 0.717) is 5.92 Å². The SMILES string of the molecule is COC(=O)[C@@H]1C[C@@H](N)C[C@@H]1C. The first-order valence-electron chi connectivity index (χ1n) is 3.98. The van der Waals surface area contributed by atoms with Gasteiger partial charge in [-0.05, 0) is 18.8 Å². The van der Waals surface area contributed by atoms with Crippen LogP contribution in [0.25, 0.3) is 0 Å². The average Bonchev–Trinajstić information content (AvgIpc) is 2.28. The number of hydrogen-bond donors (Lipinski definition) is 1. The molecule has 3 nitrogen and oxygen atoms in total. The van der Waals surface area contributed by atoms with Crippen LogP contribution in [0.1, 0.15) is 19.8 Å². The lowest BCUT2D eigenvalue weighted by molar-refractivity contribution is -0.146. The molecule has 1 aliphatic rings. The van der Waals surface area contributed by atoms with Gasteiger partial charge < -0.3 is 10.5 Å². The van der Waals surface area contributed by atoms with Crippen LogP contribution in [-0.2, 0) is 9.53 Å². The Labute approximate surface area is 66.9 Å². The van der Waals surface area contributed by atoms with Gasteiger partial charge in [0.2, 0.25) is 0 Å². The number of ether oxygens (including phenoxy) is 1. The summed E-state index contributed by atoms with van der Waals surface area (Å²) in [5.74, 6) is 0.317. The fourth-order valence-electron chi connectivity index (χ4n) is 1.78. The first-order valence-corrected chi connectivity index (χ1v) is 3.98. The molecule has 0 spiro atoms. The van der Waals surface area contributed by atoms with Crippen molar-refractivity contribution >= 4 is 5.97 Å². The lowest BCUT2D eigenvalue weighted by Gasteiger charge is -2.10. The van der Waals surface area contributed by atoms with E-state index >= 15 is 0 Å². The van der Waals surface area contributed by atoms with Gasteiger partial charge in [0.15, 0.2) is 0 Å². The van der Waals surface area contributed by atoms with E-state index in [9.17, 15) is 4.79 Å². The van der Waals surface area contributed by atoms with Gasteiger partial charge in [-0.1, -0.05) is 6.92 Å². The number of methoxy groups -OCH3 is 1. The predicted molar refractivity (Wildman–Crippen MR) is 41.9 cm³/mol. The fraction of sp³-hybridized carbons (Fsp3) is 0.875. The lowest BCUT2D eigenvalue weighted by atomic mass is 9.99. The van der Waals surface area contributed by atoms with Gasteiger partial charge in [0.05, 0.1) is 13.0 Å². The maximum Gasteiger partial charge on any atom is 0.308 e. The summed E-state index contributed by atoms with van der Waals surface area (Å²) < 4.78 is 4.66. The third-order valence-corrected chi connectivity index (χ3v) is 2.42. The van der Waals surface area contributed by atoms with Gasteiger partial charge in [-0.25, -0.2) is 0 Å². The van der Waals surface area contributed by atoms with Crippen molar-refractivity contribution in [3.8, 4) is 0 Å². The Hall–Kier alpha value is -0.570. The summed E-state index contributed by atoms with van der Waals surface area (Å²) in [6.45, 7) is 2.05. The minimum Gasteiger partial charge on any atom is -0.469 e. The molecule has 11 heavy (non-hydrogen) atoms. The second kappa shape index (κ2) is 3.22. The Morgan fingerprint density at radius 3 is 2.55 bits per heavy atom. The van der Waals surface area contributed by atoms with Gasteiger partial charge in [-0.15, -0.1) is 0 Å². The minimum absolute atomic E-state index is 0.0370. The van der Waals surface area contributed by atoms with Crippen molar-refractivity contribution in [3.63, 3.8) is 0 Å².